The van der Waals surface area contributed by atoms with Crippen LogP contribution in [0.2, 0.25) is 0 Å². The normalized spacial score (nSPS) is 23.9. The Labute approximate surface area is 134 Å². The van der Waals surface area contributed by atoms with Crippen LogP contribution in [0.3, 0.4) is 0 Å². The van der Waals surface area contributed by atoms with E-state index in [4.69, 9.17) is 0 Å². The summed E-state index contributed by atoms with van der Waals surface area (Å²) in [6.45, 7) is 3.14. The Morgan fingerprint density at radius 1 is 1.17 bits per heavy atom. The second-order valence-corrected chi connectivity index (χ2v) is 6.27. The van der Waals surface area contributed by atoms with E-state index in [2.05, 4.69) is 20.0 Å². The van der Waals surface area contributed by atoms with Crippen LogP contribution in [0.15, 0.2) is 31.0 Å². The van der Waals surface area contributed by atoms with Crippen LogP contribution in [0.25, 0.3) is 0 Å². The molecule has 0 aromatic carbocycles. The Bertz CT molecular complexity index is 692. The fraction of sp³-hybridized carbons (Fsp3) is 0.500. The number of aryl methyl sites for hydroxylation is 1. The van der Waals surface area contributed by atoms with E-state index in [9.17, 15) is 4.79 Å². The van der Waals surface area contributed by atoms with Gasteiger partial charge in [-0.2, -0.15) is 5.10 Å². The highest BCUT2D eigenvalue weighted by atomic mass is 16.2. The molecule has 0 N–H and O–H groups in total. The maximum atomic E-state index is 12.6. The van der Waals surface area contributed by atoms with Crippen molar-refractivity contribution in [3.05, 3.63) is 36.5 Å². The molecule has 0 bridgehead atoms. The van der Waals surface area contributed by atoms with Crippen LogP contribution in [0.5, 0.6) is 0 Å². The molecule has 2 aromatic heterocycles. The molecule has 2 aromatic rings. The average Bonchev–Trinajstić information content (AvgIpc) is 3.29. The monoisotopic (exact) mass is 312 g/mol. The maximum Gasteiger partial charge on any atom is 0.226 e. The minimum Gasteiger partial charge on any atom is -0.352 e. The standard InChI is InChI=1S/C16H20N6O/c1-20-11-12(9-19-20)13-8-14(13)16(23)22-6-4-21(5-7-22)15-10-17-2-3-18-15/h2-3,9-11,13-14H,4-8H2,1H3/t13-,14-/m0/s1. The molecular formula is C16H20N6O. The van der Waals surface area contributed by atoms with Crippen molar-refractivity contribution in [3.8, 4) is 0 Å². The summed E-state index contributed by atoms with van der Waals surface area (Å²) in [5, 5.41) is 4.20. The van der Waals surface area contributed by atoms with Gasteiger partial charge in [0.1, 0.15) is 5.82 Å². The van der Waals surface area contributed by atoms with Crippen molar-refractivity contribution in [2.24, 2.45) is 13.0 Å². The van der Waals surface area contributed by atoms with Crippen LogP contribution in [0.4, 0.5) is 5.82 Å². The Morgan fingerprint density at radius 3 is 2.65 bits per heavy atom. The maximum absolute atomic E-state index is 12.6. The Hall–Kier alpha value is -2.44. The zero-order valence-electron chi connectivity index (χ0n) is 13.2. The van der Waals surface area contributed by atoms with Crippen molar-refractivity contribution < 1.29 is 4.79 Å². The highest BCUT2D eigenvalue weighted by molar-refractivity contribution is 5.83. The summed E-state index contributed by atoms with van der Waals surface area (Å²) < 4.78 is 1.80. The zero-order chi connectivity index (χ0) is 15.8. The van der Waals surface area contributed by atoms with Gasteiger partial charge >= 0.3 is 0 Å². The summed E-state index contributed by atoms with van der Waals surface area (Å²) in [6, 6.07) is 0. The fourth-order valence-electron chi connectivity index (χ4n) is 3.31. The Morgan fingerprint density at radius 2 is 2.00 bits per heavy atom. The summed E-state index contributed by atoms with van der Waals surface area (Å²) in [7, 11) is 1.91. The first-order valence-electron chi connectivity index (χ1n) is 8.00. The average molecular weight is 312 g/mol. The molecule has 2 aliphatic rings. The van der Waals surface area contributed by atoms with Crippen molar-refractivity contribution in [2.75, 3.05) is 31.1 Å². The summed E-state index contributed by atoms with van der Waals surface area (Å²) in [5.41, 5.74) is 1.18. The van der Waals surface area contributed by atoms with E-state index < -0.39 is 0 Å². The van der Waals surface area contributed by atoms with Crippen LogP contribution in [0, 0.1) is 5.92 Å². The number of carbonyl (C=O) groups is 1. The van der Waals surface area contributed by atoms with Gasteiger partial charge in [-0.05, 0) is 17.9 Å². The lowest BCUT2D eigenvalue weighted by molar-refractivity contribution is -0.133. The molecule has 2 atom stereocenters. The summed E-state index contributed by atoms with van der Waals surface area (Å²) >= 11 is 0. The van der Waals surface area contributed by atoms with Crippen LogP contribution >= 0.6 is 0 Å². The molecule has 1 aliphatic heterocycles. The molecule has 7 nitrogen and oxygen atoms in total. The van der Waals surface area contributed by atoms with Crippen molar-refractivity contribution >= 4 is 11.7 Å². The van der Waals surface area contributed by atoms with Crippen LogP contribution in [-0.2, 0) is 11.8 Å². The van der Waals surface area contributed by atoms with E-state index in [-0.39, 0.29) is 11.8 Å². The first-order chi connectivity index (χ1) is 11.2. The minimum absolute atomic E-state index is 0.141. The van der Waals surface area contributed by atoms with Crippen LogP contribution < -0.4 is 4.90 Å². The molecule has 0 spiro atoms. The van der Waals surface area contributed by atoms with Crippen molar-refractivity contribution in [3.63, 3.8) is 0 Å². The van der Waals surface area contributed by atoms with E-state index in [1.807, 2.05) is 24.3 Å². The Kier molecular flexibility index (Phi) is 3.48. The largest absolute Gasteiger partial charge is 0.352 e. The number of hydrogen-bond donors (Lipinski definition) is 0. The molecule has 0 radical (unpaired) electrons. The Balaban J connectivity index is 1.33. The number of amides is 1. The third kappa shape index (κ3) is 2.78. The van der Waals surface area contributed by atoms with Gasteiger partial charge in [0, 0.05) is 57.7 Å². The number of nitrogens with zero attached hydrogens (tertiary/aromatic N) is 6. The second kappa shape index (κ2) is 5.64. The third-order valence-electron chi connectivity index (χ3n) is 4.73. The predicted molar refractivity (Wildman–Crippen MR) is 84.9 cm³/mol. The lowest BCUT2D eigenvalue weighted by Gasteiger charge is -2.35. The van der Waals surface area contributed by atoms with Gasteiger partial charge in [0.05, 0.1) is 12.4 Å². The fourth-order valence-corrected chi connectivity index (χ4v) is 3.31. The molecule has 1 saturated carbocycles. The van der Waals surface area contributed by atoms with E-state index in [0.29, 0.717) is 5.92 Å². The molecule has 1 amide bonds. The highest BCUT2D eigenvalue weighted by Gasteiger charge is 2.46. The molecule has 4 rings (SSSR count). The van der Waals surface area contributed by atoms with Gasteiger partial charge in [-0.25, -0.2) is 4.98 Å². The van der Waals surface area contributed by atoms with Gasteiger partial charge in [-0.15, -0.1) is 0 Å². The zero-order valence-corrected chi connectivity index (χ0v) is 13.2. The van der Waals surface area contributed by atoms with Gasteiger partial charge in [0.2, 0.25) is 5.91 Å². The van der Waals surface area contributed by atoms with Crippen molar-refractivity contribution in [1.82, 2.24) is 24.6 Å². The van der Waals surface area contributed by atoms with E-state index in [0.717, 1.165) is 38.4 Å². The minimum atomic E-state index is 0.141. The summed E-state index contributed by atoms with van der Waals surface area (Å²) in [4.78, 5) is 25.3. The summed E-state index contributed by atoms with van der Waals surface area (Å²) in [5.74, 6) is 1.67. The summed E-state index contributed by atoms with van der Waals surface area (Å²) in [6.07, 6.45) is 10.0. The topological polar surface area (TPSA) is 67.2 Å². The van der Waals surface area contributed by atoms with Crippen molar-refractivity contribution in [1.29, 1.82) is 0 Å². The molecule has 2 fully saturated rings. The van der Waals surface area contributed by atoms with E-state index >= 15 is 0 Å². The first kappa shape index (κ1) is 14.2. The van der Waals surface area contributed by atoms with E-state index in [1.165, 1.54) is 5.56 Å². The second-order valence-electron chi connectivity index (χ2n) is 6.27. The van der Waals surface area contributed by atoms with Gasteiger partial charge in [-0.1, -0.05) is 0 Å². The number of rotatable bonds is 3. The number of aromatic nitrogens is 4. The lowest BCUT2D eigenvalue weighted by Crippen LogP contribution is -2.49. The molecule has 120 valence electrons. The molecule has 7 heteroatoms. The smallest absolute Gasteiger partial charge is 0.226 e. The number of hydrogen-bond acceptors (Lipinski definition) is 5. The van der Waals surface area contributed by atoms with Crippen LogP contribution in [-0.4, -0.2) is 56.7 Å². The molecule has 0 unspecified atom stereocenters. The quantitative estimate of drug-likeness (QED) is 0.833. The number of carbonyl (C=O) groups excluding carboxylic acids is 1. The predicted octanol–water partition coefficient (Wildman–Crippen LogP) is 0.662. The molecular weight excluding hydrogens is 292 g/mol. The first-order valence-corrected chi connectivity index (χ1v) is 8.00. The van der Waals surface area contributed by atoms with Gasteiger partial charge in [-0.3, -0.25) is 14.5 Å². The van der Waals surface area contributed by atoms with Crippen molar-refractivity contribution in [2.45, 2.75) is 12.3 Å². The molecule has 1 aliphatic carbocycles. The molecule has 3 heterocycles. The molecule has 23 heavy (non-hydrogen) atoms. The van der Waals surface area contributed by atoms with Crippen LogP contribution in [0.1, 0.15) is 17.9 Å². The van der Waals surface area contributed by atoms with Gasteiger partial charge in [0.25, 0.3) is 0 Å². The highest BCUT2D eigenvalue weighted by Crippen LogP contribution is 2.48. The third-order valence-corrected chi connectivity index (χ3v) is 4.73. The number of anilines is 1. The lowest BCUT2D eigenvalue weighted by atomic mass is 10.1. The van der Waals surface area contributed by atoms with E-state index in [1.54, 1.807) is 23.3 Å². The SMILES string of the molecule is Cn1cc([C@@H]2C[C@@H]2C(=O)N2CCN(c3cnccn3)CC2)cn1. The van der Waals surface area contributed by atoms with Gasteiger partial charge < -0.3 is 9.80 Å². The molecule has 1 saturated heterocycles. The van der Waals surface area contributed by atoms with Gasteiger partial charge in [0.15, 0.2) is 0 Å². The number of piperazine rings is 1.